The van der Waals surface area contributed by atoms with Crippen LogP contribution in [-0.2, 0) is 13.0 Å². The summed E-state index contributed by atoms with van der Waals surface area (Å²) in [5.41, 5.74) is 3.07. The third-order valence-corrected chi connectivity index (χ3v) is 3.92. The molecule has 0 aliphatic carbocycles. The van der Waals surface area contributed by atoms with Crippen molar-refractivity contribution in [3.63, 3.8) is 0 Å². The Bertz CT molecular complexity index is 828. The summed E-state index contributed by atoms with van der Waals surface area (Å²) in [4.78, 5) is 4.43. The molecule has 6 nitrogen and oxygen atoms in total. The van der Waals surface area contributed by atoms with Gasteiger partial charge in [-0.1, -0.05) is 24.2 Å². The predicted octanol–water partition coefficient (Wildman–Crippen LogP) is 3.93. The quantitative estimate of drug-likeness (QED) is 0.703. The molecule has 0 unspecified atom stereocenters. The molecule has 130 valence electrons. The average Bonchev–Trinajstić information content (AvgIpc) is 3.15. The molecule has 1 heterocycles. The fraction of sp³-hybridized carbons (Fsp3) is 0.263. The van der Waals surface area contributed by atoms with E-state index < -0.39 is 0 Å². The smallest absolute Gasteiger partial charge is 0.246 e. The van der Waals surface area contributed by atoms with E-state index in [1.54, 1.807) is 20.3 Å². The van der Waals surface area contributed by atoms with Crippen LogP contribution in [0.5, 0.6) is 11.5 Å². The third-order valence-electron chi connectivity index (χ3n) is 3.92. The van der Waals surface area contributed by atoms with Gasteiger partial charge in [0.2, 0.25) is 11.7 Å². The van der Waals surface area contributed by atoms with Crippen molar-refractivity contribution in [3.05, 3.63) is 53.9 Å². The van der Waals surface area contributed by atoms with Gasteiger partial charge in [0.25, 0.3) is 0 Å². The van der Waals surface area contributed by atoms with Gasteiger partial charge < -0.3 is 19.3 Å². The normalized spacial score (nSPS) is 10.5. The number of anilines is 1. The lowest BCUT2D eigenvalue weighted by atomic mass is 10.1. The first kappa shape index (κ1) is 16.8. The number of hydrogen-bond donors (Lipinski definition) is 1. The highest BCUT2D eigenvalue weighted by Crippen LogP contribution is 2.31. The predicted molar refractivity (Wildman–Crippen MR) is 96.0 cm³/mol. The van der Waals surface area contributed by atoms with Gasteiger partial charge in [0.05, 0.1) is 26.3 Å². The van der Waals surface area contributed by atoms with E-state index in [1.165, 1.54) is 5.56 Å². The molecule has 0 saturated heterocycles. The number of rotatable bonds is 7. The molecule has 25 heavy (non-hydrogen) atoms. The summed E-state index contributed by atoms with van der Waals surface area (Å²) in [6.45, 7) is 2.59. The maximum atomic E-state index is 5.39. The highest BCUT2D eigenvalue weighted by Gasteiger charge is 2.14. The maximum absolute atomic E-state index is 5.39. The molecule has 0 aliphatic rings. The van der Waals surface area contributed by atoms with Crippen LogP contribution in [0, 0.1) is 0 Å². The minimum Gasteiger partial charge on any atom is -0.497 e. The maximum Gasteiger partial charge on any atom is 0.246 e. The second-order valence-corrected chi connectivity index (χ2v) is 5.48. The Morgan fingerprint density at radius 1 is 1.04 bits per heavy atom. The molecule has 0 amide bonds. The SMILES string of the molecule is CCc1ccc(NCc2nc(-c3ccc(OC)cc3OC)no2)cc1. The van der Waals surface area contributed by atoms with Gasteiger partial charge in [0.15, 0.2) is 0 Å². The van der Waals surface area contributed by atoms with Gasteiger partial charge in [-0.25, -0.2) is 0 Å². The molecule has 3 rings (SSSR count). The van der Waals surface area contributed by atoms with Gasteiger partial charge in [0, 0.05) is 11.8 Å². The van der Waals surface area contributed by atoms with Crippen molar-refractivity contribution >= 4 is 5.69 Å². The lowest BCUT2D eigenvalue weighted by Crippen LogP contribution is -1.99. The lowest BCUT2D eigenvalue weighted by Gasteiger charge is -2.07. The Hall–Kier alpha value is -3.02. The zero-order valence-corrected chi connectivity index (χ0v) is 14.6. The van der Waals surface area contributed by atoms with Crippen molar-refractivity contribution in [2.45, 2.75) is 19.9 Å². The fourth-order valence-corrected chi connectivity index (χ4v) is 2.46. The topological polar surface area (TPSA) is 69.4 Å². The number of methoxy groups -OCH3 is 2. The fourth-order valence-electron chi connectivity index (χ4n) is 2.46. The minimum atomic E-state index is 0.455. The molecule has 0 spiro atoms. The largest absolute Gasteiger partial charge is 0.497 e. The van der Waals surface area contributed by atoms with E-state index in [2.05, 4.69) is 34.5 Å². The van der Waals surface area contributed by atoms with Crippen LogP contribution >= 0.6 is 0 Å². The van der Waals surface area contributed by atoms with Gasteiger partial charge in [-0.05, 0) is 36.2 Å². The van der Waals surface area contributed by atoms with Crippen molar-refractivity contribution in [2.75, 3.05) is 19.5 Å². The highest BCUT2D eigenvalue weighted by molar-refractivity contribution is 5.65. The van der Waals surface area contributed by atoms with Crippen molar-refractivity contribution < 1.29 is 14.0 Å². The van der Waals surface area contributed by atoms with Crippen LogP contribution in [0.1, 0.15) is 18.4 Å². The average molecular weight is 339 g/mol. The van der Waals surface area contributed by atoms with Crippen LogP contribution in [0.25, 0.3) is 11.4 Å². The van der Waals surface area contributed by atoms with Crippen LogP contribution in [0.4, 0.5) is 5.69 Å². The summed E-state index contributed by atoms with van der Waals surface area (Å²) in [5.74, 6) is 2.33. The molecule has 0 saturated carbocycles. The van der Waals surface area contributed by atoms with Gasteiger partial charge in [-0.3, -0.25) is 0 Å². The second-order valence-electron chi connectivity index (χ2n) is 5.48. The van der Waals surface area contributed by atoms with Gasteiger partial charge in [-0.2, -0.15) is 4.98 Å². The van der Waals surface area contributed by atoms with Crippen molar-refractivity contribution in [1.82, 2.24) is 10.1 Å². The number of ether oxygens (including phenoxy) is 2. The molecule has 0 bridgehead atoms. The van der Waals surface area contributed by atoms with E-state index in [4.69, 9.17) is 14.0 Å². The molecule has 0 fully saturated rings. The number of nitrogens with zero attached hydrogens (tertiary/aromatic N) is 2. The summed E-state index contributed by atoms with van der Waals surface area (Å²) >= 11 is 0. The number of aromatic nitrogens is 2. The van der Waals surface area contributed by atoms with Crippen LogP contribution < -0.4 is 14.8 Å². The first-order valence-electron chi connectivity index (χ1n) is 8.11. The Labute approximate surface area is 146 Å². The van der Waals surface area contributed by atoms with E-state index in [0.29, 0.717) is 29.8 Å². The zero-order chi connectivity index (χ0) is 17.6. The third kappa shape index (κ3) is 3.91. The monoisotopic (exact) mass is 339 g/mol. The molecule has 0 aliphatic heterocycles. The summed E-state index contributed by atoms with van der Waals surface area (Å²) in [5, 5.41) is 7.32. The van der Waals surface area contributed by atoms with E-state index in [1.807, 2.05) is 24.3 Å². The van der Waals surface area contributed by atoms with Crippen molar-refractivity contribution in [1.29, 1.82) is 0 Å². The van der Waals surface area contributed by atoms with Crippen molar-refractivity contribution in [2.24, 2.45) is 0 Å². The number of nitrogens with one attached hydrogen (secondary N) is 1. The van der Waals surface area contributed by atoms with Crippen LogP contribution in [0.3, 0.4) is 0 Å². The van der Waals surface area contributed by atoms with E-state index >= 15 is 0 Å². The molecule has 0 atom stereocenters. The first-order chi connectivity index (χ1) is 12.2. The van der Waals surface area contributed by atoms with Crippen LogP contribution in [0.2, 0.25) is 0 Å². The van der Waals surface area contributed by atoms with Crippen molar-refractivity contribution in [3.8, 4) is 22.9 Å². The second kappa shape index (κ2) is 7.70. The molecule has 0 radical (unpaired) electrons. The van der Waals surface area contributed by atoms with Gasteiger partial charge in [-0.15, -0.1) is 0 Å². The van der Waals surface area contributed by atoms with Crippen LogP contribution in [0.15, 0.2) is 47.0 Å². The Balaban J connectivity index is 1.71. The Kier molecular flexibility index (Phi) is 5.18. The number of aryl methyl sites for hydroxylation is 1. The van der Waals surface area contributed by atoms with E-state index in [9.17, 15) is 0 Å². The molecular weight excluding hydrogens is 318 g/mol. The zero-order valence-electron chi connectivity index (χ0n) is 14.6. The summed E-state index contributed by atoms with van der Waals surface area (Å²) in [6.07, 6.45) is 1.02. The number of benzene rings is 2. The van der Waals surface area contributed by atoms with E-state index in [-0.39, 0.29) is 0 Å². The summed E-state index contributed by atoms with van der Waals surface area (Å²) in [6, 6.07) is 13.8. The molecule has 6 heteroatoms. The summed E-state index contributed by atoms with van der Waals surface area (Å²) in [7, 11) is 3.21. The lowest BCUT2D eigenvalue weighted by molar-refractivity contribution is 0.382. The van der Waals surface area contributed by atoms with Gasteiger partial charge >= 0.3 is 0 Å². The first-order valence-corrected chi connectivity index (χ1v) is 8.11. The molecular formula is C19H21N3O3. The van der Waals surface area contributed by atoms with Crippen LogP contribution in [-0.4, -0.2) is 24.4 Å². The standard InChI is InChI=1S/C19H21N3O3/c1-4-13-5-7-14(8-6-13)20-12-18-21-19(22-25-18)16-10-9-15(23-2)11-17(16)24-3/h5-11,20H,4,12H2,1-3H3. The minimum absolute atomic E-state index is 0.455. The molecule has 2 aromatic carbocycles. The highest BCUT2D eigenvalue weighted by atomic mass is 16.5. The Morgan fingerprint density at radius 2 is 1.84 bits per heavy atom. The molecule has 3 aromatic rings. The molecule has 1 N–H and O–H groups in total. The molecule has 1 aromatic heterocycles. The Morgan fingerprint density at radius 3 is 2.52 bits per heavy atom. The van der Waals surface area contributed by atoms with E-state index in [0.717, 1.165) is 17.7 Å². The number of hydrogen-bond acceptors (Lipinski definition) is 6. The van der Waals surface area contributed by atoms with Gasteiger partial charge in [0.1, 0.15) is 11.5 Å². The summed E-state index contributed by atoms with van der Waals surface area (Å²) < 4.78 is 15.9.